The molecule has 0 aromatic carbocycles. The van der Waals surface area contributed by atoms with Crippen LogP contribution in [-0.4, -0.2) is 44.5 Å². The first-order valence-electron chi connectivity index (χ1n) is 7.74. The molecule has 0 unspecified atom stereocenters. The van der Waals surface area contributed by atoms with Gasteiger partial charge in [0, 0.05) is 18.6 Å². The number of rotatable bonds is 6. The number of methoxy groups -OCH3 is 1. The predicted molar refractivity (Wildman–Crippen MR) is 96.7 cm³/mol. The van der Waals surface area contributed by atoms with Gasteiger partial charge in [0.25, 0.3) is 11.8 Å². The zero-order chi connectivity index (χ0) is 19.6. The van der Waals surface area contributed by atoms with Crippen molar-refractivity contribution in [2.24, 2.45) is 5.73 Å². The molecule has 27 heavy (non-hydrogen) atoms. The fraction of sp³-hybridized carbons (Fsp3) is 0.188. The van der Waals surface area contributed by atoms with Crippen LogP contribution in [0.4, 0.5) is 5.00 Å². The highest BCUT2D eigenvalue weighted by atomic mass is 32.1. The summed E-state index contributed by atoms with van der Waals surface area (Å²) in [6, 6.07) is 3.31. The Morgan fingerprint density at radius 2 is 2.07 bits per heavy atom. The number of amides is 2. The smallest absolute Gasteiger partial charge is 0.341 e. The van der Waals surface area contributed by atoms with E-state index in [1.807, 2.05) is 0 Å². The molecule has 3 aromatic rings. The van der Waals surface area contributed by atoms with Gasteiger partial charge in [-0.05, 0) is 24.6 Å². The summed E-state index contributed by atoms with van der Waals surface area (Å²) < 4.78 is 7.92. The number of hydrogen-bond acceptors (Lipinski definition) is 7. The third-order valence-electron chi connectivity index (χ3n) is 3.71. The monoisotopic (exact) mass is 388 g/mol. The van der Waals surface area contributed by atoms with Crippen molar-refractivity contribution < 1.29 is 19.1 Å². The van der Waals surface area contributed by atoms with Crippen molar-refractivity contribution in [1.29, 1.82) is 0 Å². The lowest BCUT2D eigenvalue weighted by Crippen LogP contribution is -2.16. The Bertz CT molecular complexity index is 1000. The number of esters is 1. The molecule has 3 aromatic heterocycles. The van der Waals surface area contributed by atoms with E-state index in [0.717, 1.165) is 11.3 Å². The van der Waals surface area contributed by atoms with Gasteiger partial charge in [-0.3, -0.25) is 19.0 Å². The quantitative estimate of drug-likeness (QED) is 0.607. The molecule has 11 heteroatoms. The molecule has 0 fully saturated rings. The molecule has 0 saturated heterocycles. The van der Waals surface area contributed by atoms with Crippen LogP contribution in [0.25, 0.3) is 0 Å². The average Bonchev–Trinajstić information content (AvgIpc) is 3.36. The minimum atomic E-state index is -0.688. The fourth-order valence-electron chi connectivity index (χ4n) is 2.45. The van der Waals surface area contributed by atoms with E-state index in [-0.39, 0.29) is 21.1 Å². The van der Waals surface area contributed by atoms with Crippen molar-refractivity contribution in [2.75, 3.05) is 12.4 Å². The van der Waals surface area contributed by atoms with Crippen LogP contribution in [-0.2, 0) is 11.4 Å². The minimum Gasteiger partial charge on any atom is -0.465 e. The lowest BCUT2D eigenvalue weighted by atomic mass is 10.1. The van der Waals surface area contributed by atoms with Crippen LogP contribution in [0.3, 0.4) is 0 Å². The molecular formula is C16H16N6O4S. The number of ether oxygens (including phenoxy) is 1. The molecule has 0 spiro atoms. The van der Waals surface area contributed by atoms with Gasteiger partial charge in [0.15, 0.2) is 5.69 Å². The Kier molecular flexibility index (Phi) is 5.03. The van der Waals surface area contributed by atoms with Gasteiger partial charge in [0.1, 0.15) is 11.7 Å². The fourth-order valence-corrected chi connectivity index (χ4v) is 3.49. The van der Waals surface area contributed by atoms with E-state index in [4.69, 9.17) is 10.5 Å². The molecular weight excluding hydrogens is 372 g/mol. The topological polar surface area (TPSA) is 134 Å². The van der Waals surface area contributed by atoms with Gasteiger partial charge >= 0.3 is 5.97 Å². The zero-order valence-corrected chi connectivity index (χ0v) is 15.3. The van der Waals surface area contributed by atoms with Crippen molar-refractivity contribution in [2.45, 2.75) is 13.6 Å². The van der Waals surface area contributed by atoms with Crippen LogP contribution in [0.2, 0.25) is 0 Å². The van der Waals surface area contributed by atoms with Gasteiger partial charge < -0.3 is 15.8 Å². The van der Waals surface area contributed by atoms with Gasteiger partial charge in [-0.15, -0.1) is 11.3 Å². The van der Waals surface area contributed by atoms with Crippen molar-refractivity contribution >= 4 is 34.1 Å². The Labute approximate surface area is 157 Å². The molecule has 3 heterocycles. The van der Waals surface area contributed by atoms with E-state index in [1.165, 1.54) is 17.9 Å². The van der Waals surface area contributed by atoms with Crippen LogP contribution in [0, 0.1) is 6.92 Å². The summed E-state index contributed by atoms with van der Waals surface area (Å²) in [7, 11) is 1.21. The van der Waals surface area contributed by atoms with Gasteiger partial charge in [-0.2, -0.15) is 10.2 Å². The lowest BCUT2D eigenvalue weighted by molar-refractivity contribution is 0.0601. The summed E-state index contributed by atoms with van der Waals surface area (Å²) in [4.78, 5) is 36.3. The first kappa shape index (κ1) is 18.3. The molecule has 10 nitrogen and oxygen atoms in total. The van der Waals surface area contributed by atoms with Gasteiger partial charge in [-0.25, -0.2) is 4.79 Å². The largest absolute Gasteiger partial charge is 0.465 e. The molecule has 2 amide bonds. The number of hydrogen-bond donors (Lipinski definition) is 2. The summed E-state index contributed by atoms with van der Waals surface area (Å²) in [6.45, 7) is 1.91. The summed E-state index contributed by atoms with van der Waals surface area (Å²) in [5.74, 6) is -1.89. The highest BCUT2D eigenvalue weighted by molar-refractivity contribution is 7.18. The van der Waals surface area contributed by atoms with Gasteiger partial charge in [0.2, 0.25) is 0 Å². The number of nitrogens with two attached hydrogens (primary N) is 1. The molecule has 0 radical (unpaired) electrons. The number of anilines is 1. The second-order valence-electron chi connectivity index (χ2n) is 5.50. The third-order valence-corrected chi connectivity index (χ3v) is 4.93. The molecule has 0 saturated carbocycles. The molecule has 0 aliphatic rings. The number of nitrogens with zero attached hydrogens (tertiary/aromatic N) is 4. The summed E-state index contributed by atoms with van der Waals surface area (Å²) in [6.07, 6.45) is 5.04. The van der Waals surface area contributed by atoms with Crippen LogP contribution >= 0.6 is 11.3 Å². The normalized spacial score (nSPS) is 10.6. The molecule has 0 bridgehead atoms. The van der Waals surface area contributed by atoms with Crippen LogP contribution in [0.1, 0.15) is 36.1 Å². The van der Waals surface area contributed by atoms with Crippen LogP contribution in [0.5, 0.6) is 0 Å². The highest BCUT2D eigenvalue weighted by Gasteiger charge is 2.26. The molecule has 3 N–H and O–H groups in total. The molecule has 140 valence electrons. The Morgan fingerprint density at radius 3 is 2.70 bits per heavy atom. The first-order valence-corrected chi connectivity index (χ1v) is 8.56. The zero-order valence-electron chi connectivity index (χ0n) is 14.5. The predicted octanol–water partition coefficient (Wildman–Crippen LogP) is 1.09. The van der Waals surface area contributed by atoms with Gasteiger partial charge in [-0.1, -0.05) is 0 Å². The Hall–Kier alpha value is -3.47. The van der Waals surface area contributed by atoms with E-state index >= 15 is 0 Å². The molecule has 0 atom stereocenters. The summed E-state index contributed by atoms with van der Waals surface area (Å²) >= 11 is 0.915. The Morgan fingerprint density at radius 1 is 1.30 bits per heavy atom. The second-order valence-corrected chi connectivity index (χ2v) is 6.52. The maximum absolute atomic E-state index is 12.5. The van der Waals surface area contributed by atoms with E-state index < -0.39 is 17.8 Å². The van der Waals surface area contributed by atoms with E-state index in [1.54, 1.807) is 36.3 Å². The van der Waals surface area contributed by atoms with Crippen molar-refractivity contribution in [1.82, 2.24) is 19.6 Å². The van der Waals surface area contributed by atoms with E-state index in [0.29, 0.717) is 12.2 Å². The number of carbonyl (C=O) groups is 3. The molecule has 0 aliphatic carbocycles. The van der Waals surface area contributed by atoms with E-state index in [2.05, 4.69) is 15.5 Å². The number of nitrogens with one attached hydrogen (secondary N) is 1. The number of aromatic nitrogens is 4. The Balaban J connectivity index is 1.83. The maximum Gasteiger partial charge on any atom is 0.341 e. The number of thiophene rings is 1. The minimum absolute atomic E-state index is 0.0978. The van der Waals surface area contributed by atoms with Crippen LogP contribution < -0.4 is 11.1 Å². The average molecular weight is 388 g/mol. The highest BCUT2D eigenvalue weighted by Crippen LogP contribution is 2.33. The second kappa shape index (κ2) is 7.41. The van der Waals surface area contributed by atoms with Crippen molar-refractivity contribution in [3.63, 3.8) is 0 Å². The SMILES string of the molecule is COC(=O)c1c(NC(=O)c2ccn(Cn3cccn3)n2)sc(C(N)=O)c1C. The van der Waals surface area contributed by atoms with Crippen molar-refractivity contribution in [3.8, 4) is 0 Å². The molecule has 0 aliphatic heterocycles. The van der Waals surface area contributed by atoms with E-state index in [9.17, 15) is 14.4 Å². The van der Waals surface area contributed by atoms with Crippen LogP contribution in [0.15, 0.2) is 30.7 Å². The maximum atomic E-state index is 12.5. The van der Waals surface area contributed by atoms with Gasteiger partial charge in [0.05, 0.1) is 17.6 Å². The first-order chi connectivity index (χ1) is 12.9. The summed E-state index contributed by atoms with van der Waals surface area (Å²) in [5, 5.41) is 11.0. The number of carbonyl (C=O) groups excluding carboxylic acids is 3. The summed E-state index contributed by atoms with van der Waals surface area (Å²) in [5.41, 5.74) is 5.93. The number of primary amides is 1. The standard InChI is InChI=1S/C16H16N6O4S/c1-9-11(16(25)26-2)15(27-12(9)13(17)23)19-14(24)10-4-7-22(20-10)8-21-6-3-5-18-21/h3-7H,8H2,1-2H3,(H2,17,23)(H,19,24). The third kappa shape index (κ3) is 3.72. The molecule has 3 rings (SSSR count). The van der Waals surface area contributed by atoms with Crippen molar-refractivity contribution in [3.05, 3.63) is 52.4 Å². The lowest BCUT2D eigenvalue weighted by Gasteiger charge is -2.05.